The lowest BCUT2D eigenvalue weighted by Gasteiger charge is -2.34. The van der Waals surface area contributed by atoms with Crippen LogP contribution in [0.4, 0.5) is 0 Å². The summed E-state index contributed by atoms with van der Waals surface area (Å²) in [5, 5.41) is 4.27. The lowest BCUT2D eigenvalue weighted by Crippen LogP contribution is -2.48. The smallest absolute Gasteiger partial charge is 0.274 e. The molecule has 0 spiro atoms. The summed E-state index contributed by atoms with van der Waals surface area (Å²) in [5.74, 6) is 0.203. The first kappa shape index (κ1) is 18.3. The average molecular weight is 354 g/mol. The van der Waals surface area contributed by atoms with E-state index in [1.165, 1.54) is 22.4 Å². The maximum Gasteiger partial charge on any atom is 0.274 e. The number of piperazine rings is 1. The number of nitrogens with zero attached hydrogens (tertiary/aromatic N) is 4. The van der Waals surface area contributed by atoms with E-state index in [2.05, 4.69) is 22.1 Å². The number of carbonyl (C=O) groups is 1. The van der Waals surface area contributed by atoms with Gasteiger partial charge < -0.3 is 4.90 Å². The first-order valence-electron chi connectivity index (χ1n) is 9.16. The maximum absolute atomic E-state index is 12.7. The summed E-state index contributed by atoms with van der Waals surface area (Å²) >= 11 is 0. The Labute approximate surface area is 154 Å². The van der Waals surface area contributed by atoms with Crippen molar-refractivity contribution in [2.24, 2.45) is 5.92 Å². The molecule has 0 unspecified atom stereocenters. The summed E-state index contributed by atoms with van der Waals surface area (Å²) in [6, 6.07) is 13.3. The van der Waals surface area contributed by atoms with Gasteiger partial charge in [-0.25, -0.2) is 4.68 Å². The molecule has 2 heterocycles. The molecule has 0 bridgehead atoms. The fourth-order valence-corrected chi connectivity index (χ4v) is 3.15. The lowest BCUT2D eigenvalue weighted by molar-refractivity contribution is 0.0619. The molecule has 0 atom stereocenters. The van der Waals surface area contributed by atoms with Crippen LogP contribution in [0.3, 0.4) is 0 Å². The van der Waals surface area contributed by atoms with Gasteiger partial charge in [0.05, 0.1) is 0 Å². The molecule has 3 rings (SSSR count). The number of rotatable bonds is 5. The molecule has 0 aliphatic carbocycles. The molecule has 1 aliphatic rings. The van der Waals surface area contributed by atoms with Gasteiger partial charge in [0.15, 0.2) is 0 Å². The molecule has 1 aliphatic heterocycles. The van der Waals surface area contributed by atoms with Gasteiger partial charge in [-0.3, -0.25) is 14.5 Å². The minimum Gasteiger partial charge on any atom is -0.335 e. The van der Waals surface area contributed by atoms with E-state index < -0.39 is 0 Å². The Morgan fingerprint density at radius 1 is 1.04 bits per heavy atom. The summed E-state index contributed by atoms with van der Waals surface area (Å²) < 4.78 is 1.39. The highest BCUT2D eigenvalue weighted by Gasteiger charge is 2.23. The second-order valence-corrected chi connectivity index (χ2v) is 7.19. The molecule has 1 fully saturated rings. The zero-order valence-electron chi connectivity index (χ0n) is 15.5. The van der Waals surface area contributed by atoms with Crippen molar-refractivity contribution in [3.63, 3.8) is 0 Å². The van der Waals surface area contributed by atoms with Crippen LogP contribution < -0.4 is 5.56 Å². The summed E-state index contributed by atoms with van der Waals surface area (Å²) in [6.07, 6.45) is 0. The van der Waals surface area contributed by atoms with Gasteiger partial charge in [0.1, 0.15) is 5.69 Å². The summed E-state index contributed by atoms with van der Waals surface area (Å²) in [7, 11) is 0. The third kappa shape index (κ3) is 4.58. The lowest BCUT2D eigenvalue weighted by atomic mass is 10.2. The van der Waals surface area contributed by atoms with E-state index in [1.54, 1.807) is 0 Å². The summed E-state index contributed by atoms with van der Waals surface area (Å²) in [5.41, 5.74) is 1.47. The second kappa shape index (κ2) is 8.27. The first-order chi connectivity index (χ1) is 12.5. The van der Waals surface area contributed by atoms with Crippen LogP contribution in [0.2, 0.25) is 0 Å². The molecule has 0 N–H and O–H groups in total. The summed E-state index contributed by atoms with van der Waals surface area (Å²) in [4.78, 5) is 28.8. The van der Waals surface area contributed by atoms with Gasteiger partial charge in [-0.05, 0) is 17.5 Å². The van der Waals surface area contributed by atoms with Gasteiger partial charge in [0.25, 0.3) is 11.5 Å². The standard InChI is InChI=1S/C20H26N4O2/c1-16(2)14-24-19(25)9-8-18(21-24)20(26)23-12-10-22(11-13-23)15-17-6-4-3-5-7-17/h3-9,16H,10-15H2,1-2H3. The molecular weight excluding hydrogens is 328 g/mol. The van der Waals surface area contributed by atoms with Crippen molar-refractivity contribution in [2.45, 2.75) is 26.9 Å². The van der Waals surface area contributed by atoms with Crippen LogP contribution in [0.5, 0.6) is 0 Å². The zero-order chi connectivity index (χ0) is 18.5. The van der Waals surface area contributed by atoms with Crippen molar-refractivity contribution < 1.29 is 4.79 Å². The van der Waals surface area contributed by atoms with Gasteiger partial charge in [0.2, 0.25) is 0 Å². The van der Waals surface area contributed by atoms with Crippen LogP contribution in [-0.2, 0) is 13.1 Å². The minimum absolute atomic E-state index is 0.0955. The predicted octanol–water partition coefficient (Wildman–Crippen LogP) is 1.86. The van der Waals surface area contributed by atoms with Gasteiger partial charge in [0, 0.05) is 45.3 Å². The predicted molar refractivity (Wildman–Crippen MR) is 101 cm³/mol. The van der Waals surface area contributed by atoms with Crippen LogP contribution in [0.25, 0.3) is 0 Å². The van der Waals surface area contributed by atoms with Crippen LogP contribution in [-0.4, -0.2) is 51.7 Å². The van der Waals surface area contributed by atoms with Crippen molar-refractivity contribution in [2.75, 3.05) is 26.2 Å². The number of aromatic nitrogens is 2. The van der Waals surface area contributed by atoms with E-state index >= 15 is 0 Å². The molecular formula is C20H26N4O2. The van der Waals surface area contributed by atoms with Crippen molar-refractivity contribution in [3.8, 4) is 0 Å². The number of carbonyl (C=O) groups excluding carboxylic acids is 1. The normalized spacial score (nSPS) is 15.4. The highest BCUT2D eigenvalue weighted by Crippen LogP contribution is 2.10. The van der Waals surface area contributed by atoms with Gasteiger partial charge >= 0.3 is 0 Å². The first-order valence-corrected chi connectivity index (χ1v) is 9.16. The fourth-order valence-electron chi connectivity index (χ4n) is 3.15. The van der Waals surface area contributed by atoms with Crippen LogP contribution in [0.1, 0.15) is 29.9 Å². The van der Waals surface area contributed by atoms with Crippen molar-refractivity contribution in [1.82, 2.24) is 19.6 Å². The molecule has 1 aromatic carbocycles. The summed E-state index contributed by atoms with van der Waals surface area (Å²) in [6.45, 7) is 8.50. The topological polar surface area (TPSA) is 58.4 Å². The van der Waals surface area contributed by atoms with Crippen LogP contribution >= 0.6 is 0 Å². The Morgan fingerprint density at radius 2 is 1.73 bits per heavy atom. The Kier molecular flexibility index (Phi) is 5.83. The zero-order valence-corrected chi connectivity index (χ0v) is 15.5. The highest BCUT2D eigenvalue weighted by atomic mass is 16.2. The molecule has 6 heteroatoms. The minimum atomic E-state index is -0.164. The Hall–Kier alpha value is -2.47. The van der Waals surface area contributed by atoms with Crippen molar-refractivity contribution >= 4 is 5.91 Å². The van der Waals surface area contributed by atoms with E-state index in [0.717, 1.165) is 19.6 Å². The van der Waals surface area contributed by atoms with Crippen LogP contribution in [0.15, 0.2) is 47.3 Å². The van der Waals surface area contributed by atoms with E-state index in [-0.39, 0.29) is 11.5 Å². The molecule has 0 saturated carbocycles. The van der Waals surface area contributed by atoms with Crippen molar-refractivity contribution in [1.29, 1.82) is 0 Å². The Balaban J connectivity index is 1.61. The second-order valence-electron chi connectivity index (χ2n) is 7.19. The van der Waals surface area contributed by atoms with E-state index in [9.17, 15) is 9.59 Å². The van der Waals surface area contributed by atoms with E-state index in [0.29, 0.717) is 31.2 Å². The van der Waals surface area contributed by atoms with Crippen molar-refractivity contribution in [3.05, 3.63) is 64.1 Å². The quantitative estimate of drug-likeness (QED) is 0.822. The third-order valence-corrected chi connectivity index (χ3v) is 4.53. The molecule has 1 amide bonds. The van der Waals surface area contributed by atoms with Gasteiger partial charge in [-0.2, -0.15) is 5.10 Å². The number of benzene rings is 1. The third-order valence-electron chi connectivity index (χ3n) is 4.53. The number of hydrogen-bond acceptors (Lipinski definition) is 4. The van der Waals surface area contributed by atoms with E-state index in [4.69, 9.17) is 0 Å². The monoisotopic (exact) mass is 354 g/mol. The molecule has 1 saturated heterocycles. The molecule has 2 aromatic rings. The number of amides is 1. The Bertz CT molecular complexity index is 793. The Morgan fingerprint density at radius 3 is 2.38 bits per heavy atom. The molecule has 6 nitrogen and oxygen atoms in total. The molecule has 26 heavy (non-hydrogen) atoms. The van der Waals surface area contributed by atoms with Gasteiger partial charge in [-0.1, -0.05) is 44.2 Å². The SMILES string of the molecule is CC(C)Cn1nc(C(=O)N2CCN(Cc3ccccc3)CC2)ccc1=O. The largest absolute Gasteiger partial charge is 0.335 e. The molecule has 0 radical (unpaired) electrons. The molecule has 1 aromatic heterocycles. The van der Waals surface area contributed by atoms with E-state index in [1.807, 2.05) is 36.9 Å². The van der Waals surface area contributed by atoms with Gasteiger partial charge in [-0.15, -0.1) is 0 Å². The maximum atomic E-state index is 12.7. The average Bonchev–Trinajstić information content (AvgIpc) is 2.64. The number of hydrogen-bond donors (Lipinski definition) is 0. The highest BCUT2D eigenvalue weighted by molar-refractivity contribution is 5.92. The fraction of sp³-hybridized carbons (Fsp3) is 0.450. The molecule has 138 valence electrons. The van der Waals surface area contributed by atoms with Crippen LogP contribution in [0, 0.1) is 5.92 Å².